The van der Waals surface area contributed by atoms with Crippen LogP contribution in [0.3, 0.4) is 0 Å². The van der Waals surface area contributed by atoms with Crippen LogP contribution in [-0.4, -0.2) is 26.9 Å². The number of rotatable bonds is 4. The zero-order valence-electron chi connectivity index (χ0n) is 13.4. The maximum atomic E-state index is 12.9. The van der Waals surface area contributed by atoms with Crippen LogP contribution in [0.4, 0.5) is 0 Å². The van der Waals surface area contributed by atoms with E-state index >= 15 is 0 Å². The number of aryl methyl sites for hydroxylation is 1. The first-order valence-corrected chi connectivity index (χ1v) is 9.18. The zero-order chi connectivity index (χ0) is 16.4. The van der Waals surface area contributed by atoms with E-state index in [2.05, 4.69) is 6.07 Å². The fourth-order valence-electron chi connectivity index (χ4n) is 3.19. The van der Waals surface area contributed by atoms with Crippen LogP contribution in [0.2, 0.25) is 0 Å². The highest BCUT2D eigenvalue weighted by atomic mass is 32.2. The van der Waals surface area contributed by atoms with Gasteiger partial charge >= 0.3 is 0 Å². The molecule has 23 heavy (non-hydrogen) atoms. The van der Waals surface area contributed by atoms with Crippen molar-refractivity contribution in [1.29, 1.82) is 0 Å². The van der Waals surface area contributed by atoms with Crippen molar-refractivity contribution in [1.82, 2.24) is 4.31 Å². The molecule has 1 aliphatic carbocycles. The number of nitrogens with zero attached hydrogens (tertiary/aromatic N) is 1. The molecule has 0 unspecified atom stereocenters. The molecular weight excluding hydrogens is 310 g/mol. The van der Waals surface area contributed by atoms with Crippen LogP contribution in [-0.2, 0) is 16.4 Å². The van der Waals surface area contributed by atoms with Crippen LogP contribution in [0.1, 0.15) is 30.0 Å². The molecule has 0 spiro atoms. The molecule has 0 bridgehead atoms. The maximum Gasteiger partial charge on any atom is 0.243 e. The maximum absolute atomic E-state index is 12.9. The summed E-state index contributed by atoms with van der Waals surface area (Å²) in [6, 6.07) is 14.6. The molecule has 0 aliphatic heterocycles. The summed E-state index contributed by atoms with van der Waals surface area (Å²) in [5, 5.41) is 0. The first-order chi connectivity index (χ1) is 11.0. The third-order valence-electron chi connectivity index (χ3n) is 4.51. The fourth-order valence-corrected chi connectivity index (χ4v) is 4.55. The third-order valence-corrected chi connectivity index (χ3v) is 6.39. The first-order valence-electron chi connectivity index (χ1n) is 7.74. The van der Waals surface area contributed by atoms with Crippen LogP contribution in [0, 0.1) is 0 Å². The molecule has 4 nitrogen and oxygen atoms in total. The SMILES string of the molecule is COc1ccc(S(=O)(=O)N(C)[C@H]2CCCc3ccccc32)cc1. The summed E-state index contributed by atoms with van der Waals surface area (Å²) >= 11 is 0. The summed E-state index contributed by atoms with van der Waals surface area (Å²) in [7, 11) is -0.291. The minimum Gasteiger partial charge on any atom is -0.497 e. The van der Waals surface area contributed by atoms with E-state index in [0.29, 0.717) is 10.6 Å². The Labute approximate surface area is 137 Å². The molecule has 0 amide bonds. The van der Waals surface area contributed by atoms with Gasteiger partial charge in [-0.2, -0.15) is 4.31 Å². The first kappa shape index (κ1) is 16.0. The van der Waals surface area contributed by atoms with E-state index in [1.807, 2.05) is 18.2 Å². The second-order valence-electron chi connectivity index (χ2n) is 5.80. The summed E-state index contributed by atoms with van der Waals surface area (Å²) in [6.45, 7) is 0. The van der Waals surface area contributed by atoms with Crippen LogP contribution >= 0.6 is 0 Å². The topological polar surface area (TPSA) is 46.6 Å². The Kier molecular flexibility index (Phi) is 4.41. The highest BCUT2D eigenvalue weighted by Crippen LogP contribution is 2.36. The van der Waals surface area contributed by atoms with E-state index in [1.165, 1.54) is 9.87 Å². The van der Waals surface area contributed by atoms with Crippen molar-refractivity contribution in [3.8, 4) is 5.75 Å². The van der Waals surface area contributed by atoms with Crippen LogP contribution < -0.4 is 4.74 Å². The van der Waals surface area contributed by atoms with Crippen molar-refractivity contribution in [3.63, 3.8) is 0 Å². The minimum absolute atomic E-state index is 0.105. The predicted octanol–water partition coefficient (Wildman–Crippen LogP) is 3.39. The molecule has 3 rings (SSSR count). The largest absolute Gasteiger partial charge is 0.497 e. The Balaban J connectivity index is 1.94. The van der Waals surface area contributed by atoms with Gasteiger partial charge in [0.1, 0.15) is 5.75 Å². The summed E-state index contributed by atoms with van der Waals surface area (Å²) in [5.41, 5.74) is 2.37. The quantitative estimate of drug-likeness (QED) is 0.863. The van der Waals surface area contributed by atoms with Gasteiger partial charge in [0.25, 0.3) is 0 Å². The lowest BCUT2D eigenvalue weighted by atomic mass is 9.88. The van der Waals surface area contributed by atoms with Crippen molar-refractivity contribution in [2.24, 2.45) is 0 Å². The number of sulfonamides is 1. The molecule has 0 N–H and O–H groups in total. The van der Waals surface area contributed by atoms with E-state index < -0.39 is 10.0 Å². The van der Waals surface area contributed by atoms with Gasteiger partial charge in [-0.15, -0.1) is 0 Å². The van der Waals surface area contributed by atoms with Gasteiger partial charge in [-0.05, 0) is 54.7 Å². The molecule has 2 aromatic rings. The normalized spacial score (nSPS) is 17.8. The summed E-state index contributed by atoms with van der Waals surface area (Å²) in [5.74, 6) is 0.648. The number of ether oxygens (including phenoxy) is 1. The lowest BCUT2D eigenvalue weighted by molar-refractivity contribution is 0.337. The Morgan fingerprint density at radius 2 is 1.78 bits per heavy atom. The predicted molar refractivity (Wildman–Crippen MR) is 90.1 cm³/mol. The Morgan fingerprint density at radius 3 is 2.48 bits per heavy atom. The van der Waals surface area contributed by atoms with Crippen LogP contribution in [0.5, 0.6) is 5.75 Å². The second kappa shape index (κ2) is 6.34. The molecular formula is C18H21NO3S. The second-order valence-corrected chi connectivity index (χ2v) is 7.80. The fraction of sp³-hybridized carbons (Fsp3) is 0.333. The van der Waals surface area contributed by atoms with E-state index in [1.54, 1.807) is 38.4 Å². The van der Waals surface area contributed by atoms with Gasteiger partial charge in [-0.25, -0.2) is 8.42 Å². The minimum atomic E-state index is -3.53. The highest BCUT2D eigenvalue weighted by Gasteiger charge is 2.31. The van der Waals surface area contributed by atoms with Gasteiger partial charge in [0, 0.05) is 13.1 Å². The number of hydrogen-bond donors (Lipinski definition) is 0. The van der Waals surface area contributed by atoms with Crippen molar-refractivity contribution in [2.45, 2.75) is 30.2 Å². The van der Waals surface area contributed by atoms with Crippen LogP contribution in [0.15, 0.2) is 53.4 Å². The zero-order valence-corrected chi connectivity index (χ0v) is 14.2. The van der Waals surface area contributed by atoms with Crippen molar-refractivity contribution >= 4 is 10.0 Å². The number of methoxy groups -OCH3 is 1. The highest BCUT2D eigenvalue weighted by molar-refractivity contribution is 7.89. The Bertz CT molecular complexity index is 784. The molecule has 5 heteroatoms. The Morgan fingerprint density at radius 1 is 1.09 bits per heavy atom. The molecule has 2 aromatic carbocycles. The average Bonchev–Trinajstić information content (AvgIpc) is 2.60. The molecule has 1 aliphatic rings. The molecule has 0 aromatic heterocycles. The lowest BCUT2D eigenvalue weighted by Gasteiger charge is -2.32. The number of hydrogen-bond acceptors (Lipinski definition) is 3. The molecule has 0 heterocycles. The van der Waals surface area contributed by atoms with Crippen molar-refractivity contribution < 1.29 is 13.2 Å². The van der Waals surface area contributed by atoms with Crippen molar-refractivity contribution in [3.05, 3.63) is 59.7 Å². The monoisotopic (exact) mass is 331 g/mol. The van der Waals surface area contributed by atoms with E-state index in [0.717, 1.165) is 24.8 Å². The van der Waals surface area contributed by atoms with Crippen LogP contribution in [0.25, 0.3) is 0 Å². The number of benzene rings is 2. The Hall–Kier alpha value is -1.85. The van der Waals surface area contributed by atoms with Gasteiger partial charge < -0.3 is 4.74 Å². The van der Waals surface area contributed by atoms with Gasteiger partial charge in [0.05, 0.1) is 12.0 Å². The lowest BCUT2D eigenvalue weighted by Crippen LogP contribution is -2.33. The molecule has 122 valence electrons. The van der Waals surface area contributed by atoms with Crippen molar-refractivity contribution in [2.75, 3.05) is 14.2 Å². The summed E-state index contributed by atoms with van der Waals surface area (Å²) < 4.78 is 32.5. The smallest absolute Gasteiger partial charge is 0.243 e. The van der Waals surface area contributed by atoms with E-state index in [4.69, 9.17) is 4.74 Å². The van der Waals surface area contributed by atoms with Gasteiger partial charge in [-0.3, -0.25) is 0 Å². The standard InChI is InChI=1S/C18H21NO3S/c1-19(18-9-5-7-14-6-3-4-8-17(14)18)23(20,21)16-12-10-15(22-2)11-13-16/h3-4,6,8,10-13,18H,5,7,9H2,1-2H3/t18-/m0/s1. The number of fused-ring (bicyclic) bond motifs is 1. The van der Waals surface area contributed by atoms with E-state index in [-0.39, 0.29) is 6.04 Å². The molecule has 0 radical (unpaired) electrons. The van der Waals surface area contributed by atoms with Gasteiger partial charge in [0.15, 0.2) is 0 Å². The molecule has 0 saturated heterocycles. The molecule has 0 saturated carbocycles. The summed E-state index contributed by atoms with van der Waals surface area (Å²) in [4.78, 5) is 0.295. The van der Waals surface area contributed by atoms with Gasteiger partial charge in [-0.1, -0.05) is 24.3 Å². The molecule has 1 atom stereocenters. The average molecular weight is 331 g/mol. The summed E-state index contributed by atoms with van der Waals surface area (Å²) in [6.07, 6.45) is 2.87. The van der Waals surface area contributed by atoms with Gasteiger partial charge in [0.2, 0.25) is 10.0 Å². The third kappa shape index (κ3) is 2.99. The van der Waals surface area contributed by atoms with E-state index in [9.17, 15) is 8.42 Å². The molecule has 0 fully saturated rings.